The minimum atomic E-state index is 0.176. The van der Waals surface area contributed by atoms with Crippen molar-refractivity contribution >= 4 is 0 Å². The van der Waals surface area contributed by atoms with Crippen LogP contribution in [-0.2, 0) is 0 Å². The number of aliphatic hydroxyl groups excluding tert-OH is 1. The summed E-state index contributed by atoms with van der Waals surface area (Å²) in [6.07, 6.45) is 9.69. The Kier molecular flexibility index (Phi) is 8.20. The van der Waals surface area contributed by atoms with Crippen molar-refractivity contribution in [3.05, 3.63) is 19.1 Å². The summed E-state index contributed by atoms with van der Waals surface area (Å²) in [5.41, 5.74) is 0. The van der Waals surface area contributed by atoms with Crippen LogP contribution in [0.1, 0.15) is 32.1 Å². The van der Waals surface area contributed by atoms with Crippen LogP contribution in [0, 0.1) is 6.92 Å². The molecule has 0 aliphatic heterocycles. The Morgan fingerprint density at radius 2 is 1.90 bits per heavy atom. The van der Waals surface area contributed by atoms with Crippen LogP contribution < -0.4 is 0 Å². The van der Waals surface area contributed by atoms with Crippen molar-refractivity contribution < 1.29 is 5.11 Å². The summed E-state index contributed by atoms with van der Waals surface area (Å²) in [5, 5.41) is 8.37. The lowest BCUT2D eigenvalue weighted by molar-refractivity contribution is 0.342. The molecule has 1 N–H and O–H groups in total. The zero-order valence-electron chi connectivity index (χ0n) is 6.55. The van der Waals surface area contributed by atoms with E-state index in [9.17, 15) is 0 Å². The summed E-state index contributed by atoms with van der Waals surface area (Å²) in [4.78, 5) is 0. The lowest BCUT2D eigenvalue weighted by atomic mass is 10.1. The van der Waals surface area contributed by atoms with Gasteiger partial charge in [0.2, 0.25) is 0 Å². The molecule has 0 aliphatic rings. The van der Waals surface area contributed by atoms with E-state index in [0.29, 0.717) is 0 Å². The highest BCUT2D eigenvalue weighted by Crippen LogP contribution is 2.02. The van der Waals surface area contributed by atoms with Gasteiger partial charge < -0.3 is 5.11 Å². The van der Waals surface area contributed by atoms with Crippen molar-refractivity contribution in [1.29, 1.82) is 0 Å². The largest absolute Gasteiger partial charge is 0.392 e. The second-order valence-corrected chi connectivity index (χ2v) is 2.36. The molecule has 0 radical (unpaired) electrons. The van der Waals surface area contributed by atoms with Gasteiger partial charge in [-0.25, -0.2) is 0 Å². The van der Waals surface area contributed by atoms with Crippen LogP contribution in [0.15, 0.2) is 12.2 Å². The van der Waals surface area contributed by atoms with Gasteiger partial charge >= 0.3 is 0 Å². The van der Waals surface area contributed by atoms with Gasteiger partial charge in [-0.1, -0.05) is 12.2 Å². The van der Waals surface area contributed by atoms with Crippen LogP contribution in [-0.4, -0.2) is 11.7 Å². The molecule has 10 heavy (non-hydrogen) atoms. The number of hydrogen-bond donors (Lipinski definition) is 1. The third-order valence-electron chi connectivity index (χ3n) is 1.39. The Labute approximate surface area is 63.8 Å². The lowest BCUT2D eigenvalue weighted by Crippen LogP contribution is -1.75. The Hall–Kier alpha value is -0.430. The quantitative estimate of drug-likeness (QED) is 0.342. The highest BCUT2D eigenvalue weighted by molar-refractivity contribution is 4.80. The predicted molar refractivity (Wildman–Crippen MR) is 44.7 cm³/mol. The fourth-order valence-electron chi connectivity index (χ4n) is 0.808. The van der Waals surface area contributed by atoms with Crippen LogP contribution in [0.3, 0.4) is 0 Å². The molecular weight excluding hydrogens is 124 g/mol. The maximum atomic E-state index is 8.37. The highest BCUT2D eigenvalue weighted by Gasteiger charge is 1.85. The average molecular weight is 141 g/mol. The van der Waals surface area contributed by atoms with Crippen LogP contribution in [0.2, 0.25) is 0 Å². The van der Waals surface area contributed by atoms with Crippen LogP contribution in [0.25, 0.3) is 0 Å². The van der Waals surface area contributed by atoms with E-state index in [0.717, 1.165) is 12.8 Å². The monoisotopic (exact) mass is 141 g/mol. The van der Waals surface area contributed by atoms with E-state index in [2.05, 4.69) is 6.92 Å². The number of allylic oxidation sites excluding steroid dienone is 1. The molecule has 0 aromatic carbocycles. The summed E-state index contributed by atoms with van der Waals surface area (Å²) in [7, 11) is 0. The topological polar surface area (TPSA) is 20.2 Å². The molecule has 1 nitrogen and oxygen atoms in total. The minimum Gasteiger partial charge on any atom is -0.392 e. The number of hydrogen-bond acceptors (Lipinski definition) is 1. The van der Waals surface area contributed by atoms with Gasteiger partial charge in [0.1, 0.15) is 0 Å². The first-order valence-corrected chi connectivity index (χ1v) is 3.97. The summed E-state index contributed by atoms with van der Waals surface area (Å²) in [5.74, 6) is 0. The van der Waals surface area contributed by atoms with Crippen molar-refractivity contribution in [2.45, 2.75) is 32.1 Å². The minimum absolute atomic E-state index is 0.176. The molecule has 0 bridgehead atoms. The summed E-state index contributed by atoms with van der Waals surface area (Å²) >= 11 is 0. The van der Waals surface area contributed by atoms with E-state index in [1.54, 1.807) is 6.08 Å². The predicted octanol–water partition coefficient (Wildman–Crippen LogP) is 2.32. The fraction of sp³-hybridized carbons (Fsp3) is 0.667. The molecule has 0 saturated heterocycles. The van der Waals surface area contributed by atoms with E-state index in [4.69, 9.17) is 5.11 Å². The van der Waals surface area contributed by atoms with E-state index in [-0.39, 0.29) is 6.61 Å². The maximum Gasteiger partial charge on any atom is 0.0850 e. The van der Waals surface area contributed by atoms with E-state index >= 15 is 0 Å². The molecule has 0 atom stereocenters. The number of unbranched alkanes of at least 4 members (excludes halogenated alkanes) is 4. The molecule has 0 fully saturated rings. The zero-order chi connectivity index (χ0) is 7.66. The number of aliphatic hydroxyl groups is 1. The molecule has 0 rings (SSSR count). The SMILES string of the molecule is [CH2+]CCCCC/C=C\CO. The van der Waals surface area contributed by atoms with Crippen LogP contribution >= 0.6 is 0 Å². The molecular formula is C9H17O+. The molecule has 0 spiro atoms. The molecule has 1 heteroatoms. The van der Waals surface area contributed by atoms with Crippen LogP contribution in [0.4, 0.5) is 0 Å². The molecule has 0 unspecified atom stereocenters. The van der Waals surface area contributed by atoms with Gasteiger partial charge in [-0.05, 0) is 25.7 Å². The fourth-order valence-corrected chi connectivity index (χ4v) is 0.808. The van der Waals surface area contributed by atoms with Gasteiger partial charge in [-0.15, -0.1) is 0 Å². The van der Waals surface area contributed by atoms with Crippen molar-refractivity contribution in [3.8, 4) is 0 Å². The van der Waals surface area contributed by atoms with Crippen molar-refractivity contribution in [2.24, 2.45) is 0 Å². The second-order valence-electron chi connectivity index (χ2n) is 2.36. The first-order valence-electron chi connectivity index (χ1n) is 3.97. The zero-order valence-corrected chi connectivity index (χ0v) is 6.55. The van der Waals surface area contributed by atoms with Gasteiger partial charge in [0.15, 0.2) is 0 Å². The first kappa shape index (κ1) is 9.57. The third kappa shape index (κ3) is 7.57. The molecule has 0 aromatic rings. The highest BCUT2D eigenvalue weighted by atomic mass is 16.2. The van der Waals surface area contributed by atoms with Crippen molar-refractivity contribution in [1.82, 2.24) is 0 Å². The number of rotatable bonds is 6. The van der Waals surface area contributed by atoms with Gasteiger partial charge in [-0.2, -0.15) is 0 Å². The third-order valence-corrected chi connectivity index (χ3v) is 1.39. The van der Waals surface area contributed by atoms with Gasteiger partial charge in [0.05, 0.1) is 20.0 Å². The molecule has 0 amide bonds. The molecule has 58 valence electrons. The first-order chi connectivity index (χ1) is 4.91. The van der Waals surface area contributed by atoms with Crippen LogP contribution in [0.5, 0.6) is 0 Å². The van der Waals surface area contributed by atoms with Gasteiger partial charge in [0, 0.05) is 0 Å². The standard InChI is InChI=1S/C9H17O/c1-2-3-4-5-6-7-8-9-10/h7-8,10H,1-6,9H2/q+1/b8-7-. The van der Waals surface area contributed by atoms with E-state index in [1.807, 2.05) is 6.08 Å². The van der Waals surface area contributed by atoms with Gasteiger partial charge in [-0.3, -0.25) is 0 Å². The lowest BCUT2D eigenvalue weighted by Gasteiger charge is -1.90. The smallest absolute Gasteiger partial charge is 0.0850 e. The Balaban J connectivity index is 2.83. The second kappa shape index (κ2) is 8.57. The summed E-state index contributed by atoms with van der Waals surface area (Å²) in [6.45, 7) is 3.94. The van der Waals surface area contributed by atoms with Crippen molar-refractivity contribution in [2.75, 3.05) is 6.61 Å². The maximum absolute atomic E-state index is 8.37. The van der Waals surface area contributed by atoms with Crippen molar-refractivity contribution in [3.63, 3.8) is 0 Å². The molecule has 0 saturated carbocycles. The molecule has 0 aromatic heterocycles. The summed E-state index contributed by atoms with van der Waals surface area (Å²) in [6, 6.07) is 0. The Bertz CT molecular complexity index is 76.8. The molecule has 0 heterocycles. The summed E-state index contributed by atoms with van der Waals surface area (Å²) < 4.78 is 0. The Morgan fingerprint density at radius 3 is 2.50 bits per heavy atom. The van der Waals surface area contributed by atoms with E-state index < -0.39 is 0 Å². The Morgan fingerprint density at radius 1 is 1.10 bits per heavy atom. The normalized spacial score (nSPS) is 10.9. The molecule has 0 aliphatic carbocycles. The van der Waals surface area contributed by atoms with Gasteiger partial charge in [0.25, 0.3) is 0 Å². The average Bonchev–Trinajstić information content (AvgIpc) is 1.97. The van der Waals surface area contributed by atoms with E-state index in [1.165, 1.54) is 19.3 Å².